The van der Waals surface area contributed by atoms with E-state index in [0.717, 1.165) is 0 Å². The fourth-order valence-corrected chi connectivity index (χ4v) is 3.08. The van der Waals surface area contributed by atoms with Crippen LogP contribution >= 0.6 is 0 Å². The molecule has 0 heterocycles. The number of rotatable bonds is 13. The van der Waals surface area contributed by atoms with Crippen LogP contribution in [0.4, 0.5) is 0 Å². The van der Waals surface area contributed by atoms with Gasteiger partial charge in [0.05, 0.1) is 12.6 Å². The highest BCUT2D eigenvalue weighted by atomic mass is 16.4. The summed E-state index contributed by atoms with van der Waals surface area (Å²) in [4.78, 5) is 49.5. The second kappa shape index (κ2) is 13.5. The number of carbonyl (C=O) groups is 4. The molecule has 8 N–H and O–H groups in total. The maximum Gasteiger partial charge on any atom is 0.326 e. The molecule has 11 nitrogen and oxygen atoms in total. The van der Waals surface area contributed by atoms with Crippen LogP contribution in [0.25, 0.3) is 0 Å². The van der Waals surface area contributed by atoms with Gasteiger partial charge < -0.3 is 37.0 Å². The van der Waals surface area contributed by atoms with E-state index in [2.05, 4.69) is 16.0 Å². The lowest BCUT2D eigenvalue weighted by molar-refractivity contribution is -0.142. The average molecular weight is 481 g/mol. The number of aliphatic hydroxyl groups is 1. The number of carbonyl (C=O) groups excluding carboxylic acids is 3. The summed E-state index contributed by atoms with van der Waals surface area (Å²) in [5, 5.41) is 35.8. The Hall–Kier alpha value is -3.18. The summed E-state index contributed by atoms with van der Waals surface area (Å²) >= 11 is 0. The van der Waals surface area contributed by atoms with E-state index in [4.69, 9.17) is 5.73 Å². The second-order valence-electron chi connectivity index (χ2n) is 8.97. The number of phenolic OH excluding ortho intramolecular Hbond substituents is 1. The first-order valence-corrected chi connectivity index (χ1v) is 11.1. The number of amides is 3. The number of carboxylic acid groups (broad SMARTS) is 1. The molecule has 34 heavy (non-hydrogen) atoms. The van der Waals surface area contributed by atoms with Gasteiger partial charge in [-0.15, -0.1) is 0 Å². The summed E-state index contributed by atoms with van der Waals surface area (Å²) in [6.07, 6.45) is 0.188. The number of nitrogens with one attached hydrogen (secondary N) is 3. The van der Waals surface area contributed by atoms with Crippen molar-refractivity contribution in [1.29, 1.82) is 0 Å². The number of hydrogen-bond acceptors (Lipinski definition) is 7. The van der Waals surface area contributed by atoms with Crippen LogP contribution < -0.4 is 21.7 Å². The van der Waals surface area contributed by atoms with Crippen molar-refractivity contribution < 1.29 is 34.5 Å². The van der Waals surface area contributed by atoms with E-state index < -0.39 is 54.5 Å². The van der Waals surface area contributed by atoms with Gasteiger partial charge in [-0.3, -0.25) is 14.4 Å². The summed E-state index contributed by atoms with van der Waals surface area (Å²) in [5.74, 6) is -3.53. The SMILES string of the molecule is CC(C)CC(NC(=O)C(N)C(C)C)C(=O)NC(CO)C(=O)NC(Cc1ccc(O)cc1)C(=O)O. The van der Waals surface area contributed by atoms with Crippen molar-refractivity contribution in [2.24, 2.45) is 17.6 Å². The molecule has 190 valence electrons. The lowest BCUT2D eigenvalue weighted by Crippen LogP contribution is -2.58. The van der Waals surface area contributed by atoms with Crippen LogP contribution in [0.15, 0.2) is 24.3 Å². The van der Waals surface area contributed by atoms with Crippen molar-refractivity contribution in [3.8, 4) is 5.75 Å². The Bertz CT molecular complexity index is 842. The van der Waals surface area contributed by atoms with Crippen LogP contribution in [0.2, 0.25) is 0 Å². The highest BCUT2D eigenvalue weighted by Crippen LogP contribution is 2.12. The first-order chi connectivity index (χ1) is 15.8. The number of aromatic hydroxyl groups is 1. The quantitative estimate of drug-likeness (QED) is 0.196. The molecule has 0 saturated heterocycles. The second-order valence-corrected chi connectivity index (χ2v) is 8.97. The smallest absolute Gasteiger partial charge is 0.326 e. The third-order valence-electron chi connectivity index (χ3n) is 5.17. The predicted octanol–water partition coefficient (Wildman–Crippen LogP) is -0.505. The molecule has 0 aromatic heterocycles. The normalized spacial score (nSPS) is 14.7. The largest absolute Gasteiger partial charge is 0.508 e. The summed E-state index contributed by atoms with van der Waals surface area (Å²) in [6.45, 7) is 6.46. The van der Waals surface area contributed by atoms with Gasteiger partial charge >= 0.3 is 5.97 Å². The molecule has 0 radical (unpaired) electrons. The number of hydrogen-bond donors (Lipinski definition) is 7. The summed E-state index contributed by atoms with van der Waals surface area (Å²) in [6, 6.07) is 1.23. The van der Waals surface area contributed by atoms with Crippen LogP contribution in [-0.4, -0.2) is 69.8 Å². The third-order valence-corrected chi connectivity index (χ3v) is 5.17. The lowest BCUT2D eigenvalue weighted by atomic mass is 10.00. The number of nitrogens with two attached hydrogens (primary N) is 1. The topological polar surface area (TPSA) is 191 Å². The number of aliphatic hydroxyl groups excluding tert-OH is 1. The minimum atomic E-state index is -1.43. The van der Waals surface area contributed by atoms with Crippen molar-refractivity contribution in [2.75, 3.05) is 6.61 Å². The number of benzene rings is 1. The van der Waals surface area contributed by atoms with Crippen LogP contribution in [0.5, 0.6) is 5.75 Å². The lowest BCUT2D eigenvalue weighted by Gasteiger charge is -2.26. The van der Waals surface area contributed by atoms with Crippen molar-refractivity contribution in [3.63, 3.8) is 0 Å². The standard InChI is InChI=1S/C23H36N4O7/c1-12(2)9-16(25-22(32)19(24)13(3)4)20(30)27-18(11-28)21(31)26-17(23(33)34)10-14-5-7-15(29)8-6-14/h5-8,12-13,16-19,28-29H,9-11,24H2,1-4H3,(H,25,32)(H,26,31)(H,27,30)(H,33,34). The Morgan fingerprint density at radius 3 is 1.82 bits per heavy atom. The van der Waals surface area contributed by atoms with Gasteiger partial charge in [0.15, 0.2) is 0 Å². The van der Waals surface area contributed by atoms with Gasteiger partial charge in [-0.25, -0.2) is 4.79 Å². The van der Waals surface area contributed by atoms with E-state index in [9.17, 15) is 34.5 Å². The molecule has 0 saturated carbocycles. The number of carboxylic acids is 1. The first-order valence-electron chi connectivity index (χ1n) is 11.1. The van der Waals surface area contributed by atoms with Crippen molar-refractivity contribution in [1.82, 2.24) is 16.0 Å². The molecular formula is C23H36N4O7. The van der Waals surface area contributed by atoms with Crippen molar-refractivity contribution in [3.05, 3.63) is 29.8 Å². The number of aliphatic carboxylic acids is 1. The molecular weight excluding hydrogens is 444 g/mol. The first kappa shape index (κ1) is 28.9. The molecule has 0 spiro atoms. The highest BCUT2D eigenvalue weighted by Gasteiger charge is 2.31. The third kappa shape index (κ3) is 9.36. The monoisotopic (exact) mass is 480 g/mol. The van der Waals surface area contributed by atoms with E-state index in [-0.39, 0.29) is 30.4 Å². The zero-order chi connectivity index (χ0) is 26.0. The molecule has 4 unspecified atom stereocenters. The minimum Gasteiger partial charge on any atom is -0.508 e. The minimum absolute atomic E-state index is 0.0140. The molecule has 0 aliphatic heterocycles. The summed E-state index contributed by atoms with van der Waals surface area (Å²) in [7, 11) is 0. The van der Waals surface area contributed by atoms with E-state index in [1.54, 1.807) is 13.8 Å². The van der Waals surface area contributed by atoms with Crippen LogP contribution in [0.3, 0.4) is 0 Å². The molecule has 3 amide bonds. The van der Waals surface area contributed by atoms with Gasteiger partial charge in [0.1, 0.15) is 23.9 Å². The van der Waals surface area contributed by atoms with Crippen LogP contribution in [-0.2, 0) is 25.6 Å². The van der Waals surface area contributed by atoms with Gasteiger partial charge in [0.25, 0.3) is 0 Å². The summed E-state index contributed by atoms with van der Waals surface area (Å²) in [5.41, 5.74) is 6.40. The molecule has 0 fully saturated rings. The highest BCUT2D eigenvalue weighted by molar-refractivity contribution is 5.94. The molecule has 0 aliphatic rings. The van der Waals surface area contributed by atoms with Crippen molar-refractivity contribution in [2.45, 2.75) is 64.7 Å². The zero-order valence-corrected chi connectivity index (χ0v) is 19.9. The van der Waals surface area contributed by atoms with Gasteiger partial charge in [-0.05, 0) is 36.0 Å². The maximum atomic E-state index is 12.8. The maximum absolute atomic E-state index is 12.8. The van der Waals surface area contributed by atoms with E-state index in [1.807, 2.05) is 13.8 Å². The van der Waals surface area contributed by atoms with E-state index >= 15 is 0 Å². The molecule has 0 aliphatic carbocycles. The van der Waals surface area contributed by atoms with Crippen molar-refractivity contribution >= 4 is 23.7 Å². The Labute approximate surface area is 199 Å². The average Bonchev–Trinajstić information content (AvgIpc) is 2.76. The molecule has 1 aromatic carbocycles. The summed E-state index contributed by atoms with van der Waals surface area (Å²) < 4.78 is 0. The Morgan fingerprint density at radius 2 is 1.35 bits per heavy atom. The van der Waals surface area contributed by atoms with Gasteiger partial charge in [-0.2, -0.15) is 0 Å². The molecule has 1 rings (SSSR count). The molecule has 1 aromatic rings. The Kier molecular flexibility index (Phi) is 11.5. The predicted molar refractivity (Wildman–Crippen MR) is 125 cm³/mol. The van der Waals surface area contributed by atoms with Gasteiger partial charge in [-0.1, -0.05) is 39.8 Å². The molecule has 11 heteroatoms. The Morgan fingerprint density at radius 1 is 0.853 bits per heavy atom. The molecule has 4 atom stereocenters. The van der Waals surface area contributed by atoms with E-state index in [1.165, 1.54) is 24.3 Å². The van der Waals surface area contributed by atoms with Crippen LogP contribution in [0, 0.1) is 11.8 Å². The van der Waals surface area contributed by atoms with E-state index in [0.29, 0.717) is 5.56 Å². The zero-order valence-electron chi connectivity index (χ0n) is 19.9. The van der Waals surface area contributed by atoms with Gasteiger partial charge in [0, 0.05) is 6.42 Å². The fourth-order valence-electron chi connectivity index (χ4n) is 3.08. The molecule has 0 bridgehead atoms. The van der Waals surface area contributed by atoms with Crippen LogP contribution in [0.1, 0.15) is 39.7 Å². The number of phenols is 1. The Balaban J connectivity index is 2.89. The van der Waals surface area contributed by atoms with Gasteiger partial charge in [0.2, 0.25) is 17.7 Å². The fraction of sp³-hybridized carbons (Fsp3) is 0.565.